The number of rotatable bonds is 4. The maximum atomic E-state index is 11.2. The molecule has 1 rings (SSSR count). The van der Waals surface area contributed by atoms with Crippen molar-refractivity contribution in [3.63, 3.8) is 0 Å². The summed E-state index contributed by atoms with van der Waals surface area (Å²) in [5.41, 5.74) is 21.6. The van der Waals surface area contributed by atoms with Crippen LogP contribution in [0, 0.1) is 0 Å². The maximum Gasteiger partial charge on any atom is 0.335 e. The summed E-state index contributed by atoms with van der Waals surface area (Å²) in [6.45, 7) is 1.72. The zero-order valence-electron chi connectivity index (χ0n) is 10.0. The molecule has 17 heavy (non-hydrogen) atoms. The molecule has 1 heterocycles. The van der Waals surface area contributed by atoms with Gasteiger partial charge in [-0.25, -0.2) is 4.79 Å². The molecule has 1 aliphatic heterocycles. The molecular weight excluding hydrogens is 224 g/mol. The minimum absolute atomic E-state index is 0.222. The van der Waals surface area contributed by atoms with Gasteiger partial charge in [-0.1, -0.05) is 0 Å². The molecule has 9 N–H and O–H groups in total. The first kappa shape index (κ1) is 14.3. The SMILES string of the molecule is C[C@@]1(C(=O)O)C[C@H](N)CC(C(N)C(N)CN)O1. The Morgan fingerprint density at radius 2 is 2.18 bits per heavy atom. The average molecular weight is 246 g/mol. The third-order valence-corrected chi connectivity index (χ3v) is 3.25. The zero-order chi connectivity index (χ0) is 13.2. The molecule has 0 aromatic carbocycles. The second-order valence-electron chi connectivity index (χ2n) is 4.87. The number of hydrogen-bond donors (Lipinski definition) is 5. The van der Waals surface area contributed by atoms with E-state index in [1.54, 1.807) is 0 Å². The van der Waals surface area contributed by atoms with Crippen LogP contribution in [0.2, 0.25) is 0 Å². The van der Waals surface area contributed by atoms with Gasteiger partial charge in [-0.3, -0.25) is 0 Å². The van der Waals surface area contributed by atoms with Gasteiger partial charge in [0.1, 0.15) is 0 Å². The minimum Gasteiger partial charge on any atom is -0.479 e. The Bertz CT molecular complexity index is 289. The van der Waals surface area contributed by atoms with Crippen molar-refractivity contribution >= 4 is 5.97 Å². The van der Waals surface area contributed by atoms with Crippen LogP contribution in [0.4, 0.5) is 0 Å². The number of hydrogen-bond acceptors (Lipinski definition) is 6. The predicted molar refractivity (Wildman–Crippen MR) is 63.1 cm³/mol. The summed E-state index contributed by atoms with van der Waals surface area (Å²) in [4.78, 5) is 11.2. The largest absolute Gasteiger partial charge is 0.479 e. The van der Waals surface area contributed by atoms with Gasteiger partial charge in [0.05, 0.1) is 6.10 Å². The molecule has 0 aromatic heterocycles. The summed E-state index contributed by atoms with van der Waals surface area (Å²) >= 11 is 0. The Hall–Kier alpha value is -0.730. The number of ether oxygens (including phenoxy) is 1. The summed E-state index contributed by atoms with van der Waals surface area (Å²) < 4.78 is 5.55. The fourth-order valence-electron chi connectivity index (χ4n) is 2.12. The molecule has 1 saturated heterocycles. The summed E-state index contributed by atoms with van der Waals surface area (Å²) in [7, 11) is 0. The lowest BCUT2D eigenvalue weighted by molar-refractivity contribution is -0.184. The van der Waals surface area contributed by atoms with Crippen molar-refractivity contribution in [3.8, 4) is 0 Å². The lowest BCUT2D eigenvalue weighted by Crippen LogP contribution is -2.61. The van der Waals surface area contributed by atoms with E-state index in [2.05, 4.69) is 0 Å². The Morgan fingerprint density at radius 3 is 2.65 bits per heavy atom. The molecule has 3 unspecified atom stereocenters. The van der Waals surface area contributed by atoms with Crippen LogP contribution in [0.3, 0.4) is 0 Å². The molecule has 1 fully saturated rings. The van der Waals surface area contributed by atoms with E-state index < -0.39 is 29.8 Å². The van der Waals surface area contributed by atoms with Gasteiger partial charge in [0.15, 0.2) is 5.60 Å². The molecule has 1 aliphatic rings. The highest BCUT2D eigenvalue weighted by atomic mass is 16.5. The van der Waals surface area contributed by atoms with Crippen molar-refractivity contribution in [2.75, 3.05) is 6.54 Å². The van der Waals surface area contributed by atoms with E-state index >= 15 is 0 Å². The zero-order valence-corrected chi connectivity index (χ0v) is 10.0. The Kier molecular flexibility index (Phi) is 4.45. The van der Waals surface area contributed by atoms with Gasteiger partial charge in [-0.05, 0) is 13.3 Å². The Labute approximate surface area is 100 Å². The topological polar surface area (TPSA) is 151 Å². The van der Waals surface area contributed by atoms with Crippen LogP contribution < -0.4 is 22.9 Å². The van der Waals surface area contributed by atoms with Crippen LogP contribution in [0.15, 0.2) is 0 Å². The van der Waals surface area contributed by atoms with Gasteiger partial charge in [0, 0.05) is 31.1 Å². The van der Waals surface area contributed by atoms with Crippen LogP contribution in [0.5, 0.6) is 0 Å². The van der Waals surface area contributed by atoms with Crippen molar-refractivity contribution in [2.45, 2.75) is 49.6 Å². The molecule has 0 spiro atoms. The van der Waals surface area contributed by atoms with Gasteiger partial charge in [-0.2, -0.15) is 0 Å². The van der Waals surface area contributed by atoms with Crippen LogP contribution in [0.1, 0.15) is 19.8 Å². The number of carboxylic acids is 1. The van der Waals surface area contributed by atoms with Gasteiger partial charge >= 0.3 is 5.97 Å². The predicted octanol–water partition coefficient (Wildman–Crippen LogP) is -2.05. The van der Waals surface area contributed by atoms with Crippen molar-refractivity contribution in [1.82, 2.24) is 0 Å². The monoisotopic (exact) mass is 246 g/mol. The fraction of sp³-hybridized carbons (Fsp3) is 0.900. The minimum atomic E-state index is -1.30. The molecule has 0 aliphatic carbocycles. The average Bonchev–Trinajstić information content (AvgIpc) is 2.25. The third-order valence-electron chi connectivity index (χ3n) is 3.25. The highest BCUT2D eigenvalue weighted by Gasteiger charge is 2.45. The number of carboxylic acid groups (broad SMARTS) is 1. The molecule has 0 saturated carbocycles. The molecule has 0 bridgehead atoms. The van der Waals surface area contributed by atoms with Crippen molar-refractivity contribution in [1.29, 1.82) is 0 Å². The van der Waals surface area contributed by atoms with E-state index in [0.717, 1.165) is 0 Å². The van der Waals surface area contributed by atoms with Crippen molar-refractivity contribution in [2.24, 2.45) is 22.9 Å². The van der Waals surface area contributed by atoms with E-state index in [9.17, 15) is 4.79 Å². The van der Waals surface area contributed by atoms with Crippen molar-refractivity contribution < 1.29 is 14.6 Å². The first-order valence-electron chi connectivity index (χ1n) is 5.68. The number of aliphatic carboxylic acids is 1. The van der Waals surface area contributed by atoms with E-state index in [1.165, 1.54) is 6.92 Å². The van der Waals surface area contributed by atoms with E-state index in [4.69, 9.17) is 32.8 Å². The van der Waals surface area contributed by atoms with Gasteiger partial charge in [0.25, 0.3) is 0 Å². The smallest absolute Gasteiger partial charge is 0.335 e. The van der Waals surface area contributed by atoms with E-state index in [-0.39, 0.29) is 19.0 Å². The lowest BCUT2D eigenvalue weighted by Gasteiger charge is -2.42. The molecule has 7 heteroatoms. The quantitative estimate of drug-likeness (QED) is 0.383. The fourth-order valence-corrected chi connectivity index (χ4v) is 2.12. The molecule has 0 aromatic rings. The van der Waals surface area contributed by atoms with Crippen LogP contribution in [-0.4, -0.2) is 47.5 Å². The maximum absolute atomic E-state index is 11.2. The van der Waals surface area contributed by atoms with Crippen LogP contribution in [0.25, 0.3) is 0 Å². The molecule has 0 amide bonds. The summed E-state index contributed by atoms with van der Waals surface area (Å²) in [5.74, 6) is -1.04. The van der Waals surface area contributed by atoms with Gasteiger partial charge in [-0.15, -0.1) is 0 Å². The Balaban J connectivity index is 2.78. The molecule has 7 nitrogen and oxygen atoms in total. The second kappa shape index (κ2) is 5.28. The summed E-state index contributed by atoms with van der Waals surface area (Å²) in [6, 6.07) is -1.20. The number of carbonyl (C=O) groups is 1. The highest BCUT2D eigenvalue weighted by Crippen LogP contribution is 2.29. The normalized spacial score (nSPS) is 37.5. The van der Waals surface area contributed by atoms with Crippen LogP contribution in [-0.2, 0) is 9.53 Å². The first-order valence-corrected chi connectivity index (χ1v) is 5.68. The molecule has 0 radical (unpaired) electrons. The first-order chi connectivity index (χ1) is 7.80. The third kappa shape index (κ3) is 3.14. The second-order valence-corrected chi connectivity index (χ2v) is 4.87. The summed E-state index contributed by atoms with van der Waals surface area (Å²) in [5, 5.41) is 9.13. The van der Waals surface area contributed by atoms with Crippen LogP contribution >= 0.6 is 0 Å². The molecular formula is C10H22N4O3. The van der Waals surface area contributed by atoms with E-state index in [1.807, 2.05) is 0 Å². The van der Waals surface area contributed by atoms with Gasteiger partial charge < -0.3 is 32.8 Å². The standard InChI is InChI=1S/C10H22N4O3/c1-10(9(15)16)3-5(12)2-7(17-10)8(14)6(13)4-11/h5-8H,2-4,11-14H2,1H3,(H,15,16)/t5-,6?,7?,8?,10+/m1/s1. The highest BCUT2D eigenvalue weighted by molar-refractivity contribution is 5.77. The Morgan fingerprint density at radius 1 is 1.59 bits per heavy atom. The molecule has 100 valence electrons. The summed E-state index contributed by atoms with van der Waals surface area (Å²) in [6.07, 6.45) is 0.291. The lowest BCUT2D eigenvalue weighted by atomic mass is 9.86. The number of nitrogens with two attached hydrogens (primary N) is 4. The van der Waals surface area contributed by atoms with Gasteiger partial charge in [0.2, 0.25) is 0 Å². The molecule has 5 atom stereocenters. The van der Waals surface area contributed by atoms with Crippen molar-refractivity contribution in [3.05, 3.63) is 0 Å². The van der Waals surface area contributed by atoms with E-state index in [0.29, 0.717) is 6.42 Å².